The summed E-state index contributed by atoms with van der Waals surface area (Å²) < 4.78 is 34.9. The number of methoxy groups -OCH3 is 2. The molecule has 0 radical (unpaired) electrons. The first-order chi connectivity index (χ1) is 31.1. The van der Waals surface area contributed by atoms with Gasteiger partial charge in [0.1, 0.15) is 35.2 Å². The highest BCUT2D eigenvalue weighted by Gasteiger charge is 2.54. The molecule has 0 saturated carbocycles. The van der Waals surface area contributed by atoms with Gasteiger partial charge in [0.15, 0.2) is 0 Å². The maximum atomic E-state index is 14.0. The van der Waals surface area contributed by atoms with Gasteiger partial charge >= 0.3 is 5.69 Å². The number of rotatable bonds is 15. The summed E-state index contributed by atoms with van der Waals surface area (Å²) in [6, 6.07) is 57.3. The molecule has 1 aliphatic rings. The molecule has 1 amide bonds. The lowest BCUT2D eigenvalue weighted by molar-refractivity contribution is -0.0925. The van der Waals surface area contributed by atoms with Crippen LogP contribution < -0.4 is 30.9 Å². The maximum Gasteiger partial charge on any atom is 0.351 e. The summed E-state index contributed by atoms with van der Waals surface area (Å²) in [5, 5.41) is 4.64. The third-order valence-corrected chi connectivity index (χ3v) is 17.0. The monoisotopic (exact) mass is 871 g/mol. The van der Waals surface area contributed by atoms with Crippen molar-refractivity contribution in [3.63, 3.8) is 0 Å². The first-order valence-corrected chi connectivity index (χ1v) is 23.3. The van der Waals surface area contributed by atoms with Gasteiger partial charge in [0, 0.05) is 18.2 Å². The molecule has 1 aromatic heterocycles. The van der Waals surface area contributed by atoms with Crippen molar-refractivity contribution < 1.29 is 28.2 Å². The Kier molecular flexibility index (Phi) is 13.1. The number of ether oxygens (including phenoxy) is 4. The number of hydrogen-bond donors (Lipinski definition) is 1. The summed E-state index contributed by atoms with van der Waals surface area (Å²) in [5.41, 5.74) is 1.39. The van der Waals surface area contributed by atoms with E-state index in [4.69, 9.17) is 23.4 Å². The van der Waals surface area contributed by atoms with Crippen molar-refractivity contribution in [3.8, 4) is 11.5 Å². The van der Waals surface area contributed by atoms with E-state index in [0.717, 1.165) is 27.1 Å². The number of amides is 1. The highest BCUT2D eigenvalue weighted by molar-refractivity contribution is 6.99. The van der Waals surface area contributed by atoms with Crippen LogP contribution in [0.25, 0.3) is 0 Å². The maximum absolute atomic E-state index is 14.0. The van der Waals surface area contributed by atoms with Crippen molar-refractivity contribution in [1.29, 1.82) is 0 Å². The van der Waals surface area contributed by atoms with Gasteiger partial charge in [-0.15, -0.1) is 0 Å². The van der Waals surface area contributed by atoms with Gasteiger partial charge < -0.3 is 28.7 Å². The minimum atomic E-state index is -3.16. The second-order valence-electron chi connectivity index (χ2n) is 16.8. The zero-order valence-electron chi connectivity index (χ0n) is 36.7. The molecule has 1 N–H and O–H groups in total. The second-order valence-corrected chi connectivity index (χ2v) is 21.1. The van der Waals surface area contributed by atoms with Crippen molar-refractivity contribution in [3.05, 3.63) is 215 Å². The summed E-state index contributed by atoms with van der Waals surface area (Å²) in [6.45, 7) is 6.79. The molecule has 1 saturated heterocycles. The topological polar surface area (TPSA) is 110 Å². The average Bonchev–Trinajstić information content (AvgIpc) is 3.73. The zero-order valence-corrected chi connectivity index (χ0v) is 37.7. The lowest BCUT2D eigenvalue weighted by Gasteiger charge is -2.45. The lowest BCUT2D eigenvalue weighted by Crippen LogP contribution is -2.68. The van der Waals surface area contributed by atoms with Crippen LogP contribution in [0, 0.1) is 0 Å². The standard InChI is InChI=1S/C53H53N3O7Si/c1-52(2,3)64(44-22-14-8-15-23-44,45-24-16-9-17-25-45)63-46-36-49(56-35-34-48(55-51(56)58)54-50(57)38-18-10-6-11-19-38)62-47(46)37-61-53(39-20-12-7-13-21-39,40-26-30-42(59-4)31-27-40)41-28-32-43(60-5)33-29-41/h6-35,46-47,49H,36-37H2,1-5H3,(H,54,55,57,58)/t46-,47+,49+/m0/s1. The van der Waals surface area contributed by atoms with Crippen LogP contribution in [0.5, 0.6) is 11.5 Å². The van der Waals surface area contributed by atoms with Gasteiger partial charge in [-0.3, -0.25) is 9.36 Å². The molecule has 1 fully saturated rings. The Labute approximate surface area is 375 Å². The SMILES string of the molecule is COc1ccc(C(OC[C@H]2O[C@@H](n3ccc(NC(=O)c4ccccc4)nc3=O)C[C@@H]2O[Si](c2ccccc2)(c2ccccc2)C(C)(C)C)(c2ccccc2)c2ccc(OC)cc2)cc1. The number of nitrogens with one attached hydrogen (secondary N) is 1. The molecule has 7 aromatic rings. The van der Waals surface area contributed by atoms with Gasteiger partial charge in [-0.25, -0.2) is 4.79 Å². The molecule has 3 atom stereocenters. The van der Waals surface area contributed by atoms with Crippen LogP contribution in [0.1, 0.15) is 60.5 Å². The van der Waals surface area contributed by atoms with E-state index in [9.17, 15) is 9.59 Å². The van der Waals surface area contributed by atoms with Crippen LogP contribution in [-0.4, -0.2) is 56.8 Å². The Balaban J connectivity index is 1.23. The Morgan fingerprint density at radius 2 is 1.17 bits per heavy atom. The zero-order chi connectivity index (χ0) is 44.7. The minimum Gasteiger partial charge on any atom is -0.497 e. The molecular weight excluding hydrogens is 819 g/mol. The smallest absolute Gasteiger partial charge is 0.351 e. The van der Waals surface area contributed by atoms with Crippen LogP contribution >= 0.6 is 0 Å². The van der Waals surface area contributed by atoms with Crippen LogP contribution in [-0.2, 0) is 19.5 Å². The largest absolute Gasteiger partial charge is 0.497 e. The lowest BCUT2D eigenvalue weighted by atomic mass is 9.80. The molecule has 0 unspecified atom stereocenters. The molecule has 64 heavy (non-hydrogen) atoms. The Morgan fingerprint density at radius 1 is 0.688 bits per heavy atom. The van der Waals surface area contributed by atoms with Crippen molar-refractivity contribution in [2.75, 3.05) is 26.1 Å². The highest BCUT2D eigenvalue weighted by atomic mass is 28.4. The third kappa shape index (κ3) is 8.80. The Hall–Kier alpha value is -6.63. The van der Waals surface area contributed by atoms with E-state index < -0.39 is 38.0 Å². The molecule has 1 aliphatic heterocycles. The fourth-order valence-electron chi connectivity index (χ4n) is 8.82. The Bertz CT molecular complexity index is 2590. The van der Waals surface area contributed by atoms with Crippen molar-refractivity contribution in [1.82, 2.24) is 9.55 Å². The van der Waals surface area contributed by atoms with Gasteiger partial charge in [-0.05, 0) is 74.6 Å². The summed E-state index contributed by atoms with van der Waals surface area (Å²) in [5.74, 6) is 1.20. The van der Waals surface area contributed by atoms with E-state index in [0.29, 0.717) is 23.5 Å². The average molecular weight is 872 g/mol. The third-order valence-electron chi connectivity index (χ3n) is 12.0. The number of carbonyl (C=O) groups is 1. The molecule has 2 heterocycles. The predicted octanol–water partition coefficient (Wildman–Crippen LogP) is 8.75. The molecule has 6 aromatic carbocycles. The first-order valence-electron chi connectivity index (χ1n) is 21.4. The summed E-state index contributed by atoms with van der Waals surface area (Å²) in [6.07, 6.45) is -0.0633. The van der Waals surface area contributed by atoms with E-state index in [-0.39, 0.29) is 23.4 Å². The first kappa shape index (κ1) is 44.0. The van der Waals surface area contributed by atoms with Gasteiger partial charge in [0.2, 0.25) is 0 Å². The van der Waals surface area contributed by atoms with Crippen LogP contribution in [0.2, 0.25) is 5.04 Å². The van der Waals surface area contributed by atoms with Crippen LogP contribution in [0.4, 0.5) is 5.82 Å². The number of aromatic nitrogens is 2. The summed E-state index contributed by atoms with van der Waals surface area (Å²) in [4.78, 5) is 31.2. The number of carbonyl (C=O) groups excluding carboxylic acids is 1. The van der Waals surface area contributed by atoms with Crippen LogP contribution in [0.15, 0.2) is 187 Å². The molecule has 11 heteroatoms. The molecule has 0 bridgehead atoms. The number of anilines is 1. The fourth-order valence-corrected chi connectivity index (χ4v) is 13.5. The number of nitrogens with zero attached hydrogens (tertiary/aromatic N) is 2. The molecule has 8 rings (SSSR count). The molecule has 326 valence electrons. The highest BCUT2D eigenvalue weighted by Crippen LogP contribution is 2.45. The van der Waals surface area contributed by atoms with E-state index in [1.54, 1.807) is 50.7 Å². The Morgan fingerprint density at radius 3 is 1.66 bits per heavy atom. The molecule has 0 aliphatic carbocycles. The van der Waals surface area contributed by atoms with Crippen molar-refractivity contribution in [2.45, 2.75) is 56.3 Å². The molecule has 0 spiro atoms. The van der Waals surface area contributed by atoms with E-state index >= 15 is 0 Å². The van der Waals surface area contributed by atoms with E-state index in [1.807, 2.05) is 84.9 Å². The van der Waals surface area contributed by atoms with E-state index in [1.165, 1.54) is 4.57 Å². The van der Waals surface area contributed by atoms with Crippen LogP contribution in [0.3, 0.4) is 0 Å². The summed E-state index contributed by atoms with van der Waals surface area (Å²) >= 11 is 0. The van der Waals surface area contributed by atoms with Gasteiger partial charge in [0.25, 0.3) is 14.2 Å². The second kappa shape index (κ2) is 19.0. The predicted molar refractivity (Wildman–Crippen MR) is 252 cm³/mol. The number of benzene rings is 6. The number of hydrogen-bond acceptors (Lipinski definition) is 8. The van der Waals surface area contributed by atoms with Gasteiger partial charge in [-0.1, -0.05) is 154 Å². The van der Waals surface area contributed by atoms with Gasteiger partial charge in [0.05, 0.1) is 26.9 Å². The normalized spacial score (nSPS) is 16.5. The van der Waals surface area contributed by atoms with Crippen molar-refractivity contribution in [2.24, 2.45) is 0 Å². The quantitative estimate of drug-likeness (QED) is 0.0805. The molecule has 10 nitrogen and oxygen atoms in total. The van der Waals surface area contributed by atoms with Crippen molar-refractivity contribution >= 4 is 30.4 Å². The fraction of sp³-hybridized carbons (Fsp3) is 0.226. The summed E-state index contributed by atoms with van der Waals surface area (Å²) in [7, 11) is 0.133. The van der Waals surface area contributed by atoms with E-state index in [2.05, 4.69) is 91.7 Å². The molecular formula is C53H53N3O7Si. The van der Waals surface area contributed by atoms with Gasteiger partial charge in [-0.2, -0.15) is 4.98 Å². The minimum absolute atomic E-state index is 0.0692.